The van der Waals surface area contributed by atoms with Gasteiger partial charge in [-0.05, 0) is 15.9 Å². The average Bonchev–Trinajstić information content (AvgIpc) is 2.38. The van der Waals surface area contributed by atoms with E-state index in [1.165, 1.54) is 0 Å². The predicted octanol–water partition coefficient (Wildman–Crippen LogP) is -0.395. The van der Waals surface area contributed by atoms with Gasteiger partial charge in [-0.15, -0.1) is 0 Å². The van der Waals surface area contributed by atoms with E-state index in [4.69, 9.17) is 44.6 Å². The van der Waals surface area contributed by atoms with Crippen molar-refractivity contribution in [3.05, 3.63) is 0 Å². The van der Waals surface area contributed by atoms with Crippen LogP contribution in [0.3, 0.4) is 0 Å². The number of alkyl halides is 4. The summed E-state index contributed by atoms with van der Waals surface area (Å²) in [5.74, 6) is 0. The minimum Gasteiger partial charge on any atom is -0.445 e. The van der Waals surface area contributed by atoms with Crippen LogP contribution in [0.4, 0.5) is 4.79 Å². The number of amides is 1. The maximum Gasteiger partial charge on any atom is 0.410 e. The molecule has 0 aromatic heterocycles. The minimum atomic E-state index is -2.00. The Balaban J connectivity index is 2.72. The van der Waals surface area contributed by atoms with Gasteiger partial charge in [0.05, 0.1) is 6.61 Å². The lowest BCUT2D eigenvalue weighted by Gasteiger charge is -2.45. The summed E-state index contributed by atoms with van der Waals surface area (Å²) in [7, 11) is 0. The molecule has 1 aliphatic rings. The third kappa shape index (κ3) is 5.22. The first kappa shape index (κ1) is 19.5. The molecule has 0 unspecified atom stereocenters. The summed E-state index contributed by atoms with van der Waals surface area (Å²) in [6.45, 7) is -1.24. The number of rotatable bonds is 3. The first-order valence-electron chi connectivity index (χ1n) is 5.53. The van der Waals surface area contributed by atoms with Gasteiger partial charge < -0.3 is 29.9 Å². The van der Waals surface area contributed by atoms with E-state index in [0.29, 0.717) is 0 Å². The van der Waals surface area contributed by atoms with Crippen molar-refractivity contribution in [2.24, 2.45) is 0 Å². The lowest BCUT2D eigenvalue weighted by molar-refractivity contribution is -0.245. The van der Waals surface area contributed by atoms with Gasteiger partial charge in [0.2, 0.25) is 8.43 Å². The Morgan fingerprint density at radius 2 is 1.90 bits per heavy atom. The van der Waals surface area contributed by atoms with Crippen LogP contribution in [0.25, 0.3) is 0 Å². The number of alkyl carbamates (subject to hydrolysis) is 1. The Morgan fingerprint density at radius 3 is 2.38 bits per heavy atom. The van der Waals surface area contributed by atoms with E-state index in [1.54, 1.807) is 0 Å². The highest BCUT2D eigenvalue weighted by molar-refractivity contribution is 9.10. The highest BCUT2D eigenvalue weighted by Crippen LogP contribution is 2.33. The Hall–Kier alpha value is 0.420. The molecule has 0 saturated carbocycles. The van der Waals surface area contributed by atoms with Gasteiger partial charge in [-0.1, -0.05) is 34.8 Å². The summed E-state index contributed by atoms with van der Waals surface area (Å²) < 4.78 is 5.87. The SMILES string of the molecule is O=C(N[C@]1(Br)O[C@H](CO)[C@@H](O)[C@H](O)[C@H]1O)OCC(Cl)(Cl)Cl. The Kier molecular flexibility index (Phi) is 6.79. The summed E-state index contributed by atoms with van der Waals surface area (Å²) in [6, 6.07) is 0. The van der Waals surface area contributed by atoms with Crippen molar-refractivity contribution in [1.29, 1.82) is 0 Å². The summed E-state index contributed by atoms with van der Waals surface area (Å²) in [5, 5.41) is 40.2. The third-order valence-electron chi connectivity index (χ3n) is 2.58. The van der Waals surface area contributed by atoms with Gasteiger partial charge in [-0.3, -0.25) is 5.32 Å². The normalized spacial score (nSPS) is 37.1. The van der Waals surface area contributed by atoms with Gasteiger partial charge in [0.1, 0.15) is 31.0 Å². The van der Waals surface area contributed by atoms with Crippen LogP contribution in [0.1, 0.15) is 0 Å². The van der Waals surface area contributed by atoms with Crippen LogP contribution < -0.4 is 5.32 Å². The number of hydrogen-bond donors (Lipinski definition) is 5. The van der Waals surface area contributed by atoms with E-state index in [0.717, 1.165) is 0 Å². The number of aliphatic hydroxyl groups is 4. The molecule has 0 bridgehead atoms. The Morgan fingerprint density at radius 1 is 1.33 bits per heavy atom. The summed E-state index contributed by atoms with van der Waals surface area (Å²) in [6.07, 6.45) is -7.37. The smallest absolute Gasteiger partial charge is 0.410 e. The van der Waals surface area contributed by atoms with Gasteiger partial charge >= 0.3 is 6.09 Å². The second kappa shape index (κ2) is 7.33. The quantitative estimate of drug-likeness (QED) is 0.303. The molecule has 0 spiro atoms. The molecule has 1 aliphatic heterocycles. The van der Waals surface area contributed by atoms with Crippen LogP contribution in [0.5, 0.6) is 0 Å². The zero-order valence-electron chi connectivity index (χ0n) is 10.2. The molecule has 0 aromatic rings. The zero-order valence-corrected chi connectivity index (χ0v) is 14.1. The molecule has 12 heteroatoms. The Labute approximate surface area is 143 Å². The molecule has 0 aromatic carbocycles. The molecule has 0 radical (unpaired) electrons. The highest BCUT2D eigenvalue weighted by Gasteiger charge is 2.53. The standard InChI is InChI=1S/C9H13BrCl3NO7/c10-9(14-7(19)20-2-8(11,12)13)6(18)5(17)4(16)3(1-15)21-9/h3-6,15-18H,1-2H2,(H,14,19)/t3-,4-,5+,6-,9+/m1/s1. The van der Waals surface area contributed by atoms with E-state index in [-0.39, 0.29) is 0 Å². The molecule has 1 heterocycles. The number of nitrogens with one attached hydrogen (secondary N) is 1. The molecular weight excluding hydrogens is 420 g/mol. The molecule has 1 rings (SSSR count). The van der Waals surface area contributed by atoms with Gasteiger partial charge in [-0.2, -0.15) is 0 Å². The fourth-order valence-corrected chi connectivity index (χ4v) is 2.39. The van der Waals surface area contributed by atoms with Crippen molar-refractivity contribution in [2.75, 3.05) is 13.2 Å². The van der Waals surface area contributed by atoms with Gasteiger partial charge in [0, 0.05) is 0 Å². The molecule has 5 N–H and O–H groups in total. The van der Waals surface area contributed by atoms with Crippen molar-refractivity contribution in [1.82, 2.24) is 5.32 Å². The van der Waals surface area contributed by atoms with Crippen molar-refractivity contribution in [2.45, 2.75) is 32.8 Å². The average molecular weight is 433 g/mol. The molecule has 1 fully saturated rings. The number of halogens is 4. The molecule has 1 amide bonds. The number of aliphatic hydroxyl groups excluding tert-OH is 4. The topological polar surface area (TPSA) is 128 Å². The van der Waals surface area contributed by atoms with Gasteiger partial charge in [-0.25, -0.2) is 4.79 Å². The third-order valence-corrected chi connectivity index (χ3v) is 3.76. The Bertz CT molecular complexity index is 383. The van der Waals surface area contributed by atoms with Crippen molar-refractivity contribution >= 4 is 56.8 Å². The maximum atomic E-state index is 11.6. The van der Waals surface area contributed by atoms with Crippen LogP contribution in [0, 0.1) is 0 Å². The molecule has 1 saturated heterocycles. The van der Waals surface area contributed by atoms with Crippen LogP contribution in [0.2, 0.25) is 0 Å². The molecule has 21 heavy (non-hydrogen) atoms. The van der Waals surface area contributed by atoms with E-state index < -0.39 is 52.1 Å². The van der Waals surface area contributed by atoms with Crippen LogP contribution in [-0.2, 0) is 9.47 Å². The number of carbonyl (C=O) groups excluding carboxylic acids is 1. The summed E-state index contributed by atoms with van der Waals surface area (Å²) in [4.78, 5) is 11.6. The van der Waals surface area contributed by atoms with Crippen molar-refractivity contribution in [3.8, 4) is 0 Å². The number of ether oxygens (including phenoxy) is 2. The van der Waals surface area contributed by atoms with Gasteiger partial charge in [0.25, 0.3) is 0 Å². The molecule has 124 valence electrons. The van der Waals surface area contributed by atoms with Gasteiger partial charge in [0.15, 0.2) is 0 Å². The first-order chi connectivity index (χ1) is 9.50. The first-order valence-corrected chi connectivity index (χ1v) is 7.46. The van der Waals surface area contributed by atoms with E-state index in [9.17, 15) is 20.1 Å². The lowest BCUT2D eigenvalue weighted by atomic mass is 9.98. The second-order valence-corrected chi connectivity index (χ2v) is 7.92. The predicted molar refractivity (Wildman–Crippen MR) is 76.4 cm³/mol. The second-order valence-electron chi connectivity index (χ2n) is 4.23. The van der Waals surface area contributed by atoms with Crippen molar-refractivity contribution in [3.63, 3.8) is 0 Å². The molecule has 5 atom stereocenters. The molecule has 8 nitrogen and oxygen atoms in total. The van der Waals surface area contributed by atoms with E-state index in [1.807, 2.05) is 0 Å². The zero-order chi connectivity index (χ0) is 16.4. The van der Waals surface area contributed by atoms with E-state index in [2.05, 4.69) is 26.0 Å². The fourth-order valence-electron chi connectivity index (χ4n) is 1.56. The van der Waals surface area contributed by atoms with Crippen LogP contribution >= 0.6 is 50.7 Å². The fraction of sp³-hybridized carbons (Fsp3) is 0.889. The largest absolute Gasteiger partial charge is 0.445 e. The highest BCUT2D eigenvalue weighted by atomic mass is 79.9. The van der Waals surface area contributed by atoms with Crippen molar-refractivity contribution < 1.29 is 34.7 Å². The molecular formula is C9H13BrCl3NO7. The van der Waals surface area contributed by atoms with E-state index >= 15 is 0 Å². The summed E-state index contributed by atoms with van der Waals surface area (Å²) in [5.41, 5.74) is 0. The molecule has 0 aliphatic carbocycles. The lowest BCUT2D eigenvalue weighted by Crippen LogP contribution is -2.68. The summed E-state index contributed by atoms with van der Waals surface area (Å²) >= 11 is 19.1. The monoisotopic (exact) mass is 431 g/mol. The minimum absolute atomic E-state index is 0.572. The maximum absolute atomic E-state index is 11.6. The number of carbonyl (C=O) groups is 1. The number of hydrogen-bond acceptors (Lipinski definition) is 7. The van der Waals surface area contributed by atoms with Crippen LogP contribution in [0.15, 0.2) is 0 Å². The van der Waals surface area contributed by atoms with Crippen LogP contribution in [-0.4, -0.2) is 72.6 Å².